The van der Waals surface area contributed by atoms with Gasteiger partial charge in [0.05, 0.1) is 5.41 Å². The van der Waals surface area contributed by atoms with Crippen molar-refractivity contribution in [1.82, 2.24) is 10.2 Å². The summed E-state index contributed by atoms with van der Waals surface area (Å²) in [4.78, 5) is 14.6. The van der Waals surface area contributed by atoms with Crippen LogP contribution in [0.2, 0.25) is 0 Å². The molecule has 1 aliphatic rings. The van der Waals surface area contributed by atoms with Gasteiger partial charge in [-0.05, 0) is 38.1 Å². The van der Waals surface area contributed by atoms with Crippen molar-refractivity contribution >= 4 is 30.7 Å². The molecule has 132 valence electrons. The Morgan fingerprint density at radius 2 is 1.74 bits per heavy atom. The van der Waals surface area contributed by atoms with E-state index >= 15 is 0 Å². The van der Waals surface area contributed by atoms with E-state index in [1.807, 2.05) is 12.1 Å². The summed E-state index contributed by atoms with van der Waals surface area (Å²) < 4.78 is 0. The third-order valence-electron chi connectivity index (χ3n) is 4.48. The first-order valence-electron chi connectivity index (χ1n) is 7.77. The second-order valence-corrected chi connectivity index (χ2v) is 6.38. The normalized spacial score (nSPS) is 15.7. The molecule has 1 amide bonds. The Morgan fingerprint density at radius 1 is 1.17 bits per heavy atom. The molecular formula is C17H29Cl2N3O. The summed E-state index contributed by atoms with van der Waals surface area (Å²) in [6.07, 6.45) is 4.08. The van der Waals surface area contributed by atoms with Crippen LogP contribution in [0.3, 0.4) is 0 Å². The second-order valence-electron chi connectivity index (χ2n) is 6.38. The molecule has 2 rings (SSSR count). The van der Waals surface area contributed by atoms with E-state index in [0.29, 0.717) is 13.1 Å². The highest BCUT2D eigenvalue weighted by atomic mass is 35.5. The number of nitrogens with zero attached hydrogens (tertiary/aromatic N) is 1. The van der Waals surface area contributed by atoms with E-state index in [1.54, 1.807) is 0 Å². The number of hydrogen-bond donors (Lipinski definition) is 2. The zero-order valence-corrected chi connectivity index (χ0v) is 15.6. The van der Waals surface area contributed by atoms with Crippen molar-refractivity contribution in [1.29, 1.82) is 0 Å². The molecule has 1 aliphatic carbocycles. The minimum absolute atomic E-state index is 0. The zero-order chi connectivity index (χ0) is 15.3. The average Bonchev–Trinajstić information content (AvgIpc) is 2.95. The maximum absolute atomic E-state index is 12.5. The van der Waals surface area contributed by atoms with Crippen LogP contribution in [0.4, 0.5) is 0 Å². The lowest BCUT2D eigenvalue weighted by atomic mass is 9.85. The van der Waals surface area contributed by atoms with E-state index < -0.39 is 0 Å². The average molecular weight is 362 g/mol. The number of amides is 1. The van der Waals surface area contributed by atoms with Gasteiger partial charge in [-0.1, -0.05) is 37.1 Å². The number of benzene rings is 1. The molecule has 0 aromatic heterocycles. The Labute approximate surface area is 152 Å². The summed E-state index contributed by atoms with van der Waals surface area (Å²) in [7, 11) is 4.11. The molecule has 0 saturated heterocycles. The Hall–Kier alpha value is -0.810. The molecule has 4 nitrogen and oxygen atoms in total. The van der Waals surface area contributed by atoms with E-state index in [4.69, 9.17) is 5.73 Å². The number of halogens is 2. The Morgan fingerprint density at radius 3 is 2.26 bits per heavy atom. The molecule has 0 heterocycles. The van der Waals surface area contributed by atoms with Gasteiger partial charge in [0, 0.05) is 19.6 Å². The molecule has 1 saturated carbocycles. The molecule has 0 radical (unpaired) electrons. The van der Waals surface area contributed by atoms with E-state index in [2.05, 4.69) is 36.4 Å². The lowest BCUT2D eigenvalue weighted by molar-refractivity contribution is -0.130. The smallest absolute Gasteiger partial charge is 0.227 e. The van der Waals surface area contributed by atoms with Crippen LogP contribution in [-0.4, -0.2) is 31.4 Å². The summed E-state index contributed by atoms with van der Waals surface area (Å²) in [6, 6.07) is 8.27. The van der Waals surface area contributed by atoms with Gasteiger partial charge in [-0.3, -0.25) is 4.79 Å². The van der Waals surface area contributed by atoms with Gasteiger partial charge in [0.15, 0.2) is 0 Å². The molecule has 0 atom stereocenters. The van der Waals surface area contributed by atoms with Crippen molar-refractivity contribution in [3.05, 3.63) is 35.4 Å². The summed E-state index contributed by atoms with van der Waals surface area (Å²) in [5, 5.41) is 3.11. The maximum atomic E-state index is 12.5. The molecular weight excluding hydrogens is 333 g/mol. The van der Waals surface area contributed by atoms with Gasteiger partial charge < -0.3 is 16.0 Å². The molecule has 3 N–H and O–H groups in total. The molecule has 0 spiro atoms. The first-order chi connectivity index (χ1) is 10.1. The van der Waals surface area contributed by atoms with Crippen LogP contribution in [-0.2, 0) is 17.9 Å². The van der Waals surface area contributed by atoms with Gasteiger partial charge in [0.25, 0.3) is 0 Å². The highest BCUT2D eigenvalue weighted by Gasteiger charge is 2.39. The van der Waals surface area contributed by atoms with Crippen LogP contribution in [0, 0.1) is 5.41 Å². The first kappa shape index (κ1) is 22.2. The number of hydrogen-bond acceptors (Lipinski definition) is 3. The third-order valence-corrected chi connectivity index (χ3v) is 4.48. The lowest BCUT2D eigenvalue weighted by Gasteiger charge is -2.26. The van der Waals surface area contributed by atoms with Gasteiger partial charge in [-0.2, -0.15) is 0 Å². The summed E-state index contributed by atoms with van der Waals surface area (Å²) >= 11 is 0. The third kappa shape index (κ3) is 5.64. The van der Waals surface area contributed by atoms with Crippen molar-refractivity contribution in [2.24, 2.45) is 11.1 Å². The molecule has 0 unspecified atom stereocenters. The van der Waals surface area contributed by atoms with Crippen LogP contribution in [0.5, 0.6) is 0 Å². The van der Waals surface area contributed by atoms with Crippen molar-refractivity contribution in [2.75, 3.05) is 20.6 Å². The van der Waals surface area contributed by atoms with Gasteiger partial charge in [0.2, 0.25) is 5.91 Å². The van der Waals surface area contributed by atoms with Crippen molar-refractivity contribution in [3.63, 3.8) is 0 Å². The first-order valence-corrected chi connectivity index (χ1v) is 7.77. The van der Waals surface area contributed by atoms with Gasteiger partial charge >= 0.3 is 0 Å². The second kappa shape index (κ2) is 10.1. The van der Waals surface area contributed by atoms with Gasteiger partial charge in [0.1, 0.15) is 0 Å². The quantitative estimate of drug-likeness (QED) is 0.818. The number of carbonyl (C=O) groups is 1. The van der Waals surface area contributed by atoms with Crippen LogP contribution in [0.1, 0.15) is 36.8 Å². The van der Waals surface area contributed by atoms with E-state index in [-0.39, 0.29) is 36.1 Å². The van der Waals surface area contributed by atoms with Crippen LogP contribution >= 0.6 is 24.8 Å². The van der Waals surface area contributed by atoms with Gasteiger partial charge in [-0.25, -0.2) is 0 Å². The Bertz CT molecular complexity index is 488. The fraction of sp³-hybridized carbons (Fsp3) is 0.588. The number of nitrogens with one attached hydrogen (secondary N) is 1. The molecule has 23 heavy (non-hydrogen) atoms. The summed E-state index contributed by atoms with van der Waals surface area (Å²) in [5.74, 6) is 0.127. The molecule has 6 heteroatoms. The highest BCUT2D eigenvalue weighted by molar-refractivity contribution is 5.85. The number of rotatable bonds is 6. The predicted molar refractivity (Wildman–Crippen MR) is 100 cm³/mol. The van der Waals surface area contributed by atoms with E-state index in [1.165, 1.54) is 11.1 Å². The van der Waals surface area contributed by atoms with Gasteiger partial charge in [-0.15, -0.1) is 24.8 Å². The molecule has 1 aromatic carbocycles. The van der Waals surface area contributed by atoms with E-state index in [0.717, 1.165) is 32.2 Å². The Balaban J connectivity index is 0.00000242. The number of carbonyl (C=O) groups excluding carboxylic acids is 1. The van der Waals surface area contributed by atoms with Crippen molar-refractivity contribution in [2.45, 2.75) is 38.8 Å². The Kier molecular flexibility index (Phi) is 9.78. The molecule has 1 fully saturated rings. The standard InChI is InChI=1S/C17H27N3O.2ClH/c1-20(2)12-15-8-4-3-7-14(15)11-19-16(21)17(13-18)9-5-6-10-17;;/h3-4,7-8H,5-6,9-13,18H2,1-2H3,(H,19,21);2*1H. The summed E-state index contributed by atoms with van der Waals surface area (Å²) in [5.41, 5.74) is 7.99. The minimum Gasteiger partial charge on any atom is -0.351 e. The minimum atomic E-state index is -0.323. The topological polar surface area (TPSA) is 58.4 Å². The highest BCUT2D eigenvalue weighted by Crippen LogP contribution is 2.37. The largest absolute Gasteiger partial charge is 0.351 e. The maximum Gasteiger partial charge on any atom is 0.227 e. The SMILES string of the molecule is CN(C)Cc1ccccc1CNC(=O)C1(CN)CCCC1.Cl.Cl. The summed E-state index contributed by atoms with van der Waals surface area (Å²) in [6.45, 7) is 1.93. The number of nitrogens with two attached hydrogens (primary N) is 1. The van der Waals surface area contributed by atoms with Crippen molar-refractivity contribution in [3.8, 4) is 0 Å². The molecule has 1 aromatic rings. The fourth-order valence-corrected chi connectivity index (χ4v) is 3.16. The van der Waals surface area contributed by atoms with Crippen molar-refractivity contribution < 1.29 is 4.79 Å². The molecule has 0 bridgehead atoms. The van der Waals surface area contributed by atoms with E-state index in [9.17, 15) is 4.79 Å². The fourth-order valence-electron chi connectivity index (χ4n) is 3.16. The van der Waals surface area contributed by atoms with Crippen LogP contribution < -0.4 is 11.1 Å². The predicted octanol–water partition coefficient (Wildman–Crippen LogP) is 2.73. The lowest BCUT2D eigenvalue weighted by Crippen LogP contribution is -2.44. The van der Waals surface area contributed by atoms with Crippen LogP contribution in [0.25, 0.3) is 0 Å². The molecule has 0 aliphatic heterocycles. The van der Waals surface area contributed by atoms with Crippen LogP contribution in [0.15, 0.2) is 24.3 Å². The zero-order valence-electron chi connectivity index (χ0n) is 14.0. The monoisotopic (exact) mass is 361 g/mol.